The zero-order valence-electron chi connectivity index (χ0n) is 11.5. The van der Waals surface area contributed by atoms with E-state index in [0.717, 1.165) is 0 Å². The highest BCUT2D eigenvalue weighted by atomic mass is 16.5. The molecule has 0 aliphatic rings. The number of carbonyl (C=O) groups is 2. The molecule has 0 bridgehead atoms. The fourth-order valence-electron chi connectivity index (χ4n) is 1.60. The van der Waals surface area contributed by atoms with E-state index in [4.69, 9.17) is 0 Å². The van der Waals surface area contributed by atoms with Gasteiger partial charge >= 0.3 is 11.9 Å². The Hall–Kier alpha value is -1.96. The summed E-state index contributed by atoms with van der Waals surface area (Å²) >= 11 is 0. The Morgan fingerprint density at radius 1 is 1.42 bits per heavy atom. The monoisotopic (exact) mass is 270 g/mol. The van der Waals surface area contributed by atoms with E-state index in [-0.39, 0.29) is 17.7 Å². The van der Waals surface area contributed by atoms with Crippen LogP contribution in [0.2, 0.25) is 0 Å². The second-order valence-electron chi connectivity index (χ2n) is 4.20. The van der Waals surface area contributed by atoms with Crippen molar-refractivity contribution in [2.24, 2.45) is 5.92 Å². The van der Waals surface area contributed by atoms with Crippen LogP contribution in [-0.4, -0.2) is 59.4 Å². The number of hydrogen-bond donors (Lipinski definition) is 0. The summed E-state index contributed by atoms with van der Waals surface area (Å²) in [6.45, 7) is 2.70. The molecule has 0 saturated heterocycles. The number of esters is 2. The van der Waals surface area contributed by atoms with Crippen molar-refractivity contribution in [1.29, 1.82) is 0 Å². The van der Waals surface area contributed by atoms with Gasteiger partial charge in [0.15, 0.2) is 0 Å². The minimum atomic E-state index is -0.579. The lowest BCUT2D eigenvalue weighted by atomic mass is 10.2. The van der Waals surface area contributed by atoms with Crippen molar-refractivity contribution >= 4 is 11.9 Å². The molecule has 0 radical (unpaired) electrons. The number of rotatable bonds is 6. The molecule has 1 unspecified atom stereocenters. The largest absolute Gasteiger partial charge is 0.469 e. The molecule has 0 saturated carbocycles. The van der Waals surface area contributed by atoms with Crippen molar-refractivity contribution < 1.29 is 19.1 Å². The molecule has 0 aliphatic heterocycles. The third-order valence-corrected chi connectivity index (χ3v) is 2.48. The molecular weight excluding hydrogens is 252 g/mol. The molecule has 0 spiro atoms. The standard InChI is InChI=1S/C11H18N4O4/c1-8(10(16)18-3)5-14(2)7-15-6-12-9(13-15)11(17)19-4/h6,8H,5,7H2,1-4H3. The molecule has 0 aliphatic carbocycles. The van der Waals surface area contributed by atoms with Gasteiger partial charge in [0.05, 0.1) is 26.8 Å². The zero-order chi connectivity index (χ0) is 14.4. The SMILES string of the molecule is COC(=O)c1ncn(CN(C)CC(C)C(=O)OC)n1. The molecule has 1 rings (SSSR count). The molecule has 1 aromatic rings. The maximum atomic E-state index is 11.3. The number of nitrogens with zero attached hydrogens (tertiary/aromatic N) is 4. The molecule has 1 atom stereocenters. The van der Waals surface area contributed by atoms with Crippen LogP contribution in [0.25, 0.3) is 0 Å². The first-order valence-corrected chi connectivity index (χ1v) is 5.72. The summed E-state index contributed by atoms with van der Waals surface area (Å²) in [5.74, 6) is -1.07. The lowest BCUT2D eigenvalue weighted by molar-refractivity contribution is -0.145. The van der Waals surface area contributed by atoms with Crippen LogP contribution in [0, 0.1) is 5.92 Å². The molecule has 106 valence electrons. The molecule has 1 heterocycles. The Morgan fingerprint density at radius 3 is 2.68 bits per heavy atom. The van der Waals surface area contributed by atoms with Gasteiger partial charge in [-0.3, -0.25) is 9.69 Å². The average Bonchev–Trinajstić information content (AvgIpc) is 2.84. The van der Waals surface area contributed by atoms with E-state index in [1.165, 1.54) is 25.2 Å². The maximum Gasteiger partial charge on any atom is 0.377 e. The third-order valence-electron chi connectivity index (χ3n) is 2.48. The molecular formula is C11H18N4O4. The quantitative estimate of drug-likeness (QED) is 0.659. The van der Waals surface area contributed by atoms with Crippen LogP contribution in [0.15, 0.2) is 6.33 Å². The summed E-state index contributed by atoms with van der Waals surface area (Å²) in [5.41, 5.74) is 0. The summed E-state index contributed by atoms with van der Waals surface area (Å²) < 4.78 is 10.7. The fraction of sp³-hybridized carbons (Fsp3) is 0.636. The predicted octanol–water partition coefficient (Wildman–Crippen LogP) is -0.237. The van der Waals surface area contributed by atoms with Gasteiger partial charge in [-0.05, 0) is 7.05 Å². The van der Waals surface area contributed by atoms with Crippen LogP contribution < -0.4 is 0 Å². The van der Waals surface area contributed by atoms with E-state index in [1.807, 2.05) is 11.9 Å². The normalized spacial score (nSPS) is 12.3. The smallest absolute Gasteiger partial charge is 0.377 e. The molecule has 1 aromatic heterocycles. The Balaban J connectivity index is 2.52. The minimum Gasteiger partial charge on any atom is -0.469 e. The van der Waals surface area contributed by atoms with E-state index >= 15 is 0 Å². The molecule has 8 nitrogen and oxygen atoms in total. The fourth-order valence-corrected chi connectivity index (χ4v) is 1.60. The van der Waals surface area contributed by atoms with Gasteiger partial charge in [0.2, 0.25) is 0 Å². The number of ether oxygens (including phenoxy) is 2. The second-order valence-corrected chi connectivity index (χ2v) is 4.20. The average molecular weight is 270 g/mol. The Labute approximate surface area is 111 Å². The zero-order valence-corrected chi connectivity index (χ0v) is 11.5. The number of aromatic nitrogens is 3. The van der Waals surface area contributed by atoms with E-state index in [9.17, 15) is 9.59 Å². The van der Waals surface area contributed by atoms with Crippen molar-refractivity contribution in [1.82, 2.24) is 19.7 Å². The second kappa shape index (κ2) is 6.83. The topological polar surface area (TPSA) is 86.6 Å². The van der Waals surface area contributed by atoms with Crippen molar-refractivity contribution in [2.45, 2.75) is 13.6 Å². The van der Waals surface area contributed by atoms with E-state index in [1.54, 1.807) is 6.92 Å². The summed E-state index contributed by atoms with van der Waals surface area (Å²) in [7, 11) is 4.46. The van der Waals surface area contributed by atoms with Crippen molar-refractivity contribution in [3.8, 4) is 0 Å². The van der Waals surface area contributed by atoms with Crippen LogP contribution in [-0.2, 0) is 20.9 Å². The van der Waals surface area contributed by atoms with Crippen LogP contribution in [0.3, 0.4) is 0 Å². The van der Waals surface area contributed by atoms with Gasteiger partial charge in [-0.25, -0.2) is 14.5 Å². The highest BCUT2D eigenvalue weighted by Crippen LogP contribution is 2.02. The van der Waals surface area contributed by atoms with E-state index in [0.29, 0.717) is 13.2 Å². The molecule has 19 heavy (non-hydrogen) atoms. The molecule has 0 fully saturated rings. The minimum absolute atomic E-state index is 0.0110. The van der Waals surface area contributed by atoms with Crippen LogP contribution in [0.1, 0.15) is 17.5 Å². The van der Waals surface area contributed by atoms with Crippen molar-refractivity contribution in [3.63, 3.8) is 0 Å². The van der Waals surface area contributed by atoms with Gasteiger partial charge in [0.25, 0.3) is 5.82 Å². The molecule has 0 N–H and O–H groups in total. The van der Waals surface area contributed by atoms with Gasteiger partial charge < -0.3 is 9.47 Å². The van der Waals surface area contributed by atoms with Gasteiger partial charge in [-0.1, -0.05) is 6.92 Å². The van der Waals surface area contributed by atoms with Gasteiger partial charge in [-0.2, -0.15) is 0 Å². The lowest BCUT2D eigenvalue weighted by Crippen LogP contribution is -2.31. The number of carbonyl (C=O) groups excluding carboxylic acids is 2. The molecule has 0 aromatic carbocycles. The van der Waals surface area contributed by atoms with Crippen molar-refractivity contribution in [3.05, 3.63) is 12.2 Å². The highest BCUT2D eigenvalue weighted by Gasteiger charge is 2.16. The first-order valence-electron chi connectivity index (χ1n) is 5.72. The number of methoxy groups -OCH3 is 2. The summed E-state index contributed by atoms with van der Waals surface area (Å²) in [6, 6.07) is 0. The summed E-state index contributed by atoms with van der Waals surface area (Å²) in [5, 5.41) is 3.97. The Morgan fingerprint density at radius 2 is 2.11 bits per heavy atom. The molecule has 8 heteroatoms. The van der Waals surface area contributed by atoms with Crippen LogP contribution in [0.4, 0.5) is 0 Å². The lowest BCUT2D eigenvalue weighted by Gasteiger charge is -2.19. The summed E-state index contributed by atoms with van der Waals surface area (Å²) in [6.07, 6.45) is 1.44. The van der Waals surface area contributed by atoms with Gasteiger partial charge in [0, 0.05) is 6.54 Å². The van der Waals surface area contributed by atoms with E-state index < -0.39 is 5.97 Å². The van der Waals surface area contributed by atoms with Gasteiger partial charge in [0.1, 0.15) is 6.33 Å². The van der Waals surface area contributed by atoms with Crippen LogP contribution in [0.5, 0.6) is 0 Å². The number of hydrogen-bond acceptors (Lipinski definition) is 7. The van der Waals surface area contributed by atoms with Crippen molar-refractivity contribution in [2.75, 3.05) is 27.8 Å². The first kappa shape index (κ1) is 15.1. The van der Waals surface area contributed by atoms with Gasteiger partial charge in [-0.15, -0.1) is 5.10 Å². The Bertz CT molecular complexity index is 446. The predicted molar refractivity (Wildman–Crippen MR) is 65.2 cm³/mol. The third kappa shape index (κ3) is 4.32. The maximum absolute atomic E-state index is 11.3. The summed E-state index contributed by atoms with van der Waals surface area (Å²) in [4.78, 5) is 28.2. The molecule has 0 amide bonds. The van der Waals surface area contributed by atoms with Crippen LogP contribution >= 0.6 is 0 Å². The van der Waals surface area contributed by atoms with E-state index in [2.05, 4.69) is 19.6 Å². The Kier molecular flexibility index (Phi) is 5.43. The first-order chi connectivity index (χ1) is 8.97. The highest BCUT2D eigenvalue weighted by molar-refractivity contribution is 5.84.